The number of nitrogens with zero attached hydrogens (tertiary/aromatic N) is 1. The van der Waals surface area contributed by atoms with Gasteiger partial charge in [-0.3, -0.25) is 0 Å². The van der Waals surface area contributed by atoms with E-state index in [2.05, 4.69) is 33.8 Å². The lowest BCUT2D eigenvalue weighted by Crippen LogP contribution is -2.50. The molecule has 46 heavy (non-hydrogen) atoms. The van der Waals surface area contributed by atoms with E-state index in [1.807, 2.05) is 18.7 Å². The Kier molecular flexibility index (Phi) is 17.0. The Labute approximate surface area is 285 Å². The first-order valence-corrected chi connectivity index (χ1v) is 20.3. The first-order valence-electron chi connectivity index (χ1n) is 20.3. The molecule has 5 nitrogen and oxygen atoms in total. The van der Waals surface area contributed by atoms with Crippen molar-refractivity contribution in [1.82, 2.24) is 4.90 Å². The Balaban J connectivity index is 0.00000282. The van der Waals surface area contributed by atoms with Gasteiger partial charge in [0.2, 0.25) is 0 Å². The van der Waals surface area contributed by atoms with Crippen molar-refractivity contribution in [3.05, 3.63) is 11.6 Å². The van der Waals surface area contributed by atoms with Crippen molar-refractivity contribution in [2.75, 3.05) is 26.2 Å². The zero-order valence-corrected chi connectivity index (χ0v) is 31.4. The van der Waals surface area contributed by atoms with E-state index in [9.17, 15) is 4.79 Å². The number of ether oxygens (including phenoxy) is 1. The highest BCUT2D eigenvalue weighted by atomic mass is 16.6. The molecule has 4 N–H and O–H groups in total. The zero-order valence-electron chi connectivity index (χ0n) is 31.4. The number of fused-ring (bicyclic) bond motifs is 5. The number of carbonyl (C=O) groups excluding carboxylic acids is 1. The van der Waals surface area contributed by atoms with Gasteiger partial charge in [0.05, 0.1) is 0 Å². The van der Waals surface area contributed by atoms with E-state index in [1.165, 1.54) is 64.2 Å². The molecule has 0 heterocycles. The monoisotopic (exact) mass is 644 g/mol. The van der Waals surface area contributed by atoms with Gasteiger partial charge in [-0.1, -0.05) is 98.1 Å². The van der Waals surface area contributed by atoms with Gasteiger partial charge in [-0.25, -0.2) is 4.79 Å². The average molecular weight is 644 g/mol. The summed E-state index contributed by atoms with van der Waals surface area (Å²) >= 11 is 0. The van der Waals surface area contributed by atoms with Crippen LogP contribution in [0.25, 0.3) is 0 Å². The van der Waals surface area contributed by atoms with Crippen LogP contribution in [0.15, 0.2) is 11.6 Å². The largest absolute Gasteiger partial charge is 0.446 e. The molecule has 4 aliphatic carbocycles. The van der Waals surface area contributed by atoms with Gasteiger partial charge in [0.15, 0.2) is 0 Å². The summed E-state index contributed by atoms with van der Waals surface area (Å²) in [5, 5.41) is 0. The molecular weight excluding hydrogens is 566 g/mol. The number of hydrogen-bond acceptors (Lipinski definition) is 4. The molecule has 0 aliphatic heterocycles. The van der Waals surface area contributed by atoms with Crippen molar-refractivity contribution in [2.45, 2.75) is 176 Å². The summed E-state index contributed by atoms with van der Waals surface area (Å²) in [6.45, 7) is 17.1. The lowest BCUT2D eigenvalue weighted by molar-refractivity contribution is -0.0534. The molecular formula is C41H77N3O2. The van der Waals surface area contributed by atoms with Crippen molar-refractivity contribution in [3.8, 4) is 0 Å². The minimum atomic E-state index is -0.0793. The van der Waals surface area contributed by atoms with Crippen molar-refractivity contribution in [3.63, 3.8) is 0 Å². The Morgan fingerprint density at radius 2 is 1.50 bits per heavy atom. The highest BCUT2D eigenvalue weighted by Gasteiger charge is 2.58. The Bertz CT molecular complexity index is 890. The number of unbranched alkanes of at least 4 members (excludes halogenated alkanes) is 7. The lowest BCUT2D eigenvalue weighted by atomic mass is 9.47. The maximum absolute atomic E-state index is 13.5. The third kappa shape index (κ3) is 10.2. The second-order valence-corrected chi connectivity index (χ2v) is 16.4. The minimum Gasteiger partial charge on any atom is -0.446 e. The fraction of sp³-hybridized carbons (Fsp3) is 0.927. The molecule has 3 saturated carbocycles. The zero-order chi connectivity index (χ0) is 33.6. The molecule has 1 amide bonds. The summed E-state index contributed by atoms with van der Waals surface area (Å²) in [6.07, 6.45) is 27.2. The van der Waals surface area contributed by atoms with Crippen LogP contribution in [0, 0.1) is 40.4 Å². The van der Waals surface area contributed by atoms with E-state index in [-0.39, 0.29) is 12.2 Å². The number of hydrogen-bond donors (Lipinski definition) is 2. The van der Waals surface area contributed by atoms with E-state index in [4.69, 9.17) is 16.2 Å². The maximum atomic E-state index is 13.5. The van der Waals surface area contributed by atoms with Crippen molar-refractivity contribution < 1.29 is 9.53 Å². The molecule has 0 aromatic carbocycles. The first-order chi connectivity index (χ1) is 22.2. The van der Waals surface area contributed by atoms with Crippen LogP contribution in [0.3, 0.4) is 0 Å². The Hall–Kier alpha value is -1.07. The van der Waals surface area contributed by atoms with E-state index in [0.29, 0.717) is 10.8 Å². The fourth-order valence-electron chi connectivity index (χ4n) is 10.4. The molecule has 0 radical (unpaired) electrons. The van der Waals surface area contributed by atoms with Crippen LogP contribution in [0.4, 0.5) is 4.79 Å². The third-order valence-corrected chi connectivity index (χ3v) is 13.1. The number of carbonyl (C=O) groups is 1. The van der Waals surface area contributed by atoms with Gasteiger partial charge in [0.25, 0.3) is 0 Å². The normalized spacial score (nSPS) is 31.7. The molecule has 7 atom stereocenters. The molecule has 0 aromatic rings. The SMILES string of the molecule is CC.CC(C)CCCCC1CCC2C3CC=C4CC(OC(=O)N(CCCCCCN)CCCCCCN)CCC4(C)C3CCC12C. The molecule has 0 spiro atoms. The third-order valence-electron chi connectivity index (χ3n) is 13.1. The molecule has 268 valence electrons. The van der Waals surface area contributed by atoms with Crippen molar-refractivity contribution >= 4 is 6.09 Å². The average Bonchev–Trinajstić information content (AvgIpc) is 3.39. The van der Waals surface area contributed by atoms with Crippen LogP contribution in [0.1, 0.15) is 170 Å². The van der Waals surface area contributed by atoms with Crippen molar-refractivity contribution in [1.29, 1.82) is 0 Å². The second-order valence-electron chi connectivity index (χ2n) is 16.4. The standard InChI is InChI=1S/C39H71N3O2.C2H6/c1-30(2)15-9-10-16-31-18-20-35-34-19-17-32-29-33(21-23-39(32,4)36(34)22-24-38(31,35)3)44-37(43)42(27-13-7-5-11-25-40)28-14-8-6-12-26-41;1-2/h17,30-31,33-36H,5-16,18-29,40-41H2,1-4H3;1-2H3. The number of nitrogens with two attached hydrogens (primary N) is 2. The number of amides is 1. The van der Waals surface area contributed by atoms with Crippen LogP contribution in [-0.4, -0.2) is 43.3 Å². The molecule has 4 rings (SSSR count). The van der Waals surface area contributed by atoms with E-state index in [0.717, 1.165) is 120 Å². The summed E-state index contributed by atoms with van der Waals surface area (Å²) in [7, 11) is 0. The predicted octanol–water partition coefficient (Wildman–Crippen LogP) is 10.7. The lowest BCUT2D eigenvalue weighted by Gasteiger charge is -2.58. The topological polar surface area (TPSA) is 81.6 Å². The molecule has 0 saturated heterocycles. The quantitative estimate of drug-likeness (QED) is 0.115. The predicted molar refractivity (Wildman–Crippen MR) is 197 cm³/mol. The second kappa shape index (κ2) is 19.8. The summed E-state index contributed by atoms with van der Waals surface area (Å²) in [4.78, 5) is 15.5. The van der Waals surface area contributed by atoms with Crippen molar-refractivity contribution in [2.24, 2.45) is 51.9 Å². The van der Waals surface area contributed by atoms with E-state index in [1.54, 1.807) is 5.57 Å². The van der Waals surface area contributed by atoms with Gasteiger partial charge in [0, 0.05) is 19.5 Å². The molecule has 0 aromatic heterocycles. The summed E-state index contributed by atoms with van der Waals surface area (Å²) < 4.78 is 6.31. The van der Waals surface area contributed by atoms with Crippen LogP contribution >= 0.6 is 0 Å². The van der Waals surface area contributed by atoms with E-state index >= 15 is 0 Å². The smallest absolute Gasteiger partial charge is 0.410 e. The molecule has 5 heteroatoms. The molecule has 3 fully saturated rings. The molecule has 7 unspecified atom stereocenters. The van der Waals surface area contributed by atoms with Crippen LogP contribution in [-0.2, 0) is 4.74 Å². The maximum Gasteiger partial charge on any atom is 0.410 e. The Morgan fingerprint density at radius 1 is 0.848 bits per heavy atom. The number of allylic oxidation sites excluding steroid dienone is 1. The number of rotatable bonds is 18. The van der Waals surface area contributed by atoms with Crippen LogP contribution in [0.2, 0.25) is 0 Å². The minimum absolute atomic E-state index is 0.0333. The van der Waals surface area contributed by atoms with Gasteiger partial charge in [-0.2, -0.15) is 0 Å². The van der Waals surface area contributed by atoms with Gasteiger partial charge in [-0.05, 0) is 131 Å². The Morgan fingerprint density at radius 3 is 2.13 bits per heavy atom. The summed E-state index contributed by atoms with van der Waals surface area (Å²) in [5.74, 6) is 4.36. The highest BCUT2D eigenvalue weighted by molar-refractivity contribution is 5.67. The van der Waals surface area contributed by atoms with Crippen LogP contribution in [0.5, 0.6) is 0 Å². The van der Waals surface area contributed by atoms with E-state index < -0.39 is 0 Å². The van der Waals surface area contributed by atoms with Gasteiger partial charge in [-0.15, -0.1) is 0 Å². The van der Waals surface area contributed by atoms with Gasteiger partial charge >= 0.3 is 6.09 Å². The molecule has 0 bridgehead atoms. The summed E-state index contributed by atoms with van der Waals surface area (Å²) in [6, 6.07) is 0. The van der Waals surface area contributed by atoms with Crippen LogP contribution < -0.4 is 11.5 Å². The van der Waals surface area contributed by atoms with Gasteiger partial charge in [0.1, 0.15) is 6.10 Å². The van der Waals surface area contributed by atoms with Gasteiger partial charge < -0.3 is 21.1 Å². The first kappa shape index (κ1) is 39.4. The molecule has 4 aliphatic rings. The fourth-order valence-corrected chi connectivity index (χ4v) is 10.4. The highest BCUT2D eigenvalue weighted by Crippen LogP contribution is 2.66. The summed E-state index contributed by atoms with van der Waals surface area (Å²) in [5.41, 5.74) is 13.8.